The van der Waals surface area contributed by atoms with E-state index in [1.165, 1.54) is 0 Å². The molecule has 0 aliphatic rings. The first-order valence-corrected chi connectivity index (χ1v) is 3.84. The fourth-order valence-corrected chi connectivity index (χ4v) is 0.806. The van der Waals surface area contributed by atoms with Gasteiger partial charge < -0.3 is 9.42 Å². The van der Waals surface area contributed by atoms with Crippen LogP contribution in [0.1, 0.15) is 23.2 Å². The number of hydrogen-bond acceptors (Lipinski definition) is 3. The van der Waals surface area contributed by atoms with Gasteiger partial charge >= 0.3 is 0 Å². The minimum absolute atomic E-state index is 0. The van der Waals surface area contributed by atoms with E-state index in [2.05, 4.69) is 5.16 Å². The van der Waals surface area contributed by atoms with Gasteiger partial charge in [0.2, 0.25) is 0 Å². The highest BCUT2D eigenvalue weighted by Crippen LogP contribution is 2.03. The van der Waals surface area contributed by atoms with E-state index in [-0.39, 0.29) is 18.3 Å². The van der Waals surface area contributed by atoms with Gasteiger partial charge in [-0.2, -0.15) is 0 Å². The van der Waals surface area contributed by atoms with Crippen molar-refractivity contribution in [2.24, 2.45) is 0 Å². The maximum Gasteiger partial charge on any atom is 0.275 e. The van der Waals surface area contributed by atoms with E-state index in [1.54, 1.807) is 24.9 Å². The second kappa shape index (κ2) is 4.87. The average molecular weight is 205 g/mol. The summed E-state index contributed by atoms with van der Waals surface area (Å²) in [6.07, 6.45) is 0. The molecule has 1 rings (SSSR count). The molecule has 74 valence electrons. The Labute approximate surface area is 83.3 Å². The Hall–Kier alpha value is -1.03. The summed E-state index contributed by atoms with van der Waals surface area (Å²) >= 11 is 0. The van der Waals surface area contributed by atoms with Crippen molar-refractivity contribution >= 4 is 18.3 Å². The highest BCUT2D eigenvalue weighted by Gasteiger charge is 2.13. The van der Waals surface area contributed by atoms with Crippen molar-refractivity contribution in [3.63, 3.8) is 0 Å². The van der Waals surface area contributed by atoms with Gasteiger partial charge in [0.1, 0.15) is 5.76 Å². The molecule has 0 unspecified atom stereocenters. The monoisotopic (exact) mass is 204 g/mol. The Kier molecular flexibility index (Phi) is 4.48. The molecule has 0 aliphatic carbocycles. The lowest BCUT2D eigenvalue weighted by Gasteiger charge is -2.11. The van der Waals surface area contributed by atoms with Crippen molar-refractivity contribution in [1.29, 1.82) is 0 Å². The normalized spacial score (nSPS) is 9.15. The minimum atomic E-state index is -0.102. The van der Waals surface area contributed by atoms with Gasteiger partial charge in [-0.1, -0.05) is 5.16 Å². The van der Waals surface area contributed by atoms with Gasteiger partial charge in [0.15, 0.2) is 5.69 Å². The summed E-state index contributed by atoms with van der Waals surface area (Å²) in [5.41, 5.74) is 0.372. The molecule has 5 heteroatoms. The Morgan fingerprint density at radius 1 is 1.69 bits per heavy atom. The Morgan fingerprint density at radius 3 is 2.69 bits per heavy atom. The zero-order valence-electron chi connectivity index (χ0n) is 7.90. The number of halogens is 1. The van der Waals surface area contributed by atoms with E-state index in [1.807, 2.05) is 6.92 Å². The zero-order valence-corrected chi connectivity index (χ0v) is 8.72. The molecule has 1 aromatic rings. The number of carbonyl (C=O) groups excluding carboxylic acids is 1. The maximum atomic E-state index is 11.4. The zero-order chi connectivity index (χ0) is 9.14. The number of nitrogens with zero attached hydrogens (tertiary/aromatic N) is 2. The largest absolute Gasteiger partial charge is 0.361 e. The molecule has 0 bridgehead atoms. The van der Waals surface area contributed by atoms with Crippen LogP contribution in [0.2, 0.25) is 0 Å². The summed E-state index contributed by atoms with van der Waals surface area (Å²) in [6, 6.07) is 1.63. The molecule has 13 heavy (non-hydrogen) atoms. The van der Waals surface area contributed by atoms with Gasteiger partial charge in [-0.15, -0.1) is 12.4 Å². The molecule has 0 saturated heterocycles. The summed E-state index contributed by atoms with van der Waals surface area (Å²) in [5, 5.41) is 3.62. The van der Waals surface area contributed by atoms with Crippen LogP contribution in [-0.4, -0.2) is 29.6 Å². The van der Waals surface area contributed by atoms with E-state index in [0.717, 1.165) is 0 Å². The molecule has 1 amide bonds. The van der Waals surface area contributed by atoms with Crippen LogP contribution in [0, 0.1) is 6.92 Å². The minimum Gasteiger partial charge on any atom is -0.361 e. The van der Waals surface area contributed by atoms with Gasteiger partial charge in [0.25, 0.3) is 5.91 Å². The van der Waals surface area contributed by atoms with Crippen molar-refractivity contribution in [3.8, 4) is 0 Å². The Morgan fingerprint density at radius 2 is 2.31 bits per heavy atom. The van der Waals surface area contributed by atoms with Crippen molar-refractivity contribution in [1.82, 2.24) is 10.1 Å². The first kappa shape index (κ1) is 12.0. The Balaban J connectivity index is 0.00000144. The molecule has 0 spiro atoms. The Bertz CT molecular complexity index is 285. The number of aryl methyl sites for hydroxylation is 1. The van der Waals surface area contributed by atoms with Crippen molar-refractivity contribution in [3.05, 3.63) is 17.5 Å². The third-order valence-corrected chi connectivity index (χ3v) is 1.67. The molecule has 1 aromatic heterocycles. The lowest BCUT2D eigenvalue weighted by Crippen LogP contribution is -2.26. The van der Waals surface area contributed by atoms with Crippen LogP contribution in [0.4, 0.5) is 0 Å². The number of carbonyl (C=O) groups is 1. The molecular weight excluding hydrogens is 192 g/mol. The number of hydrogen-bond donors (Lipinski definition) is 0. The summed E-state index contributed by atoms with van der Waals surface area (Å²) in [4.78, 5) is 13.0. The summed E-state index contributed by atoms with van der Waals surface area (Å²) in [6.45, 7) is 4.34. The van der Waals surface area contributed by atoms with Crippen LogP contribution < -0.4 is 0 Å². The fourth-order valence-electron chi connectivity index (χ4n) is 0.806. The van der Waals surface area contributed by atoms with Crippen LogP contribution in [0.25, 0.3) is 0 Å². The summed E-state index contributed by atoms with van der Waals surface area (Å²) < 4.78 is 4.78. The van der Waals surface area contributed by atoms with Gasteiger partial charge in [0, 0.05) is 19.7 Å². The van der Waals surface area contributed by atoms with Crippen LogP contribution in [0.5, 0.6) is 0 Å². The van der Waals surface area contributed by atoms with E-state index in [4.69, 9.17) is 4.52 Å². The first-order valence-electron chi connectivity index (χ1n) is 3.84. The second-order valence-corrected chi connectivity index (χ2v) is 2.64. The smallest absolute Gasteiger partial charge is 0.275 e. The molecule has 0 saturated carbocycles. The van der Waals surface area contributed by atoms with Gasteiger partial charge in [-0.25, -0.2) is 0 Å². The SMILES string of the molecule is CCN(C)C(=O)c1cc(C)on1.Cl. The van der Waals surface area contributed by atoms with Crippen LogP contribution in [-0.2, 0) is 0 Å². The average Bonchev–Trinajstić information content (AvgIpc) is 2.49. The predicted molar refractivity (Wildman–Crippen MR) is 51.1 cm³/mol. The van der Waals surface area contributed by atoms with Crippen molar-refractivity contribution in [2.75, 3.05) is 13.6 Å². The third-order valence-electron chi connectivity index (χ3n) is 1.67. The first-order chi connectivity index (χ1) is 5.65. The molecule has 0 fully saturated rings. The summed E-state index contributed by atoms with van der Waals surface area (Å²) in [5.74, 6) is 0.553. The fraction of sp³-hybridized carbons (Fsp3) is 0.500. The van der Waals surface area contributed by atoms with Crippen LogP contribution >= 0.6 is 12.4 Å². The van der Waals surface area contributed by atoms with E-state index < -0.39 is 0 Å². The molecule has 4 nitrogen and oxygen atoms in total. The standard InChI is InChI=1S/C8H12N2O2.ClH/c1-4-10(3)8(11)7-5-6(2)12-9-7;/h5H,4H2,1-3H3;1H. The number of aromatic nitrogens is 1. The van der Waals surface area contributed by atoms with Crippen molar-refractivity contribution in [2.45, 2.75) is 13.8 Å². The molecule has 0 atom stereocenters. The molecule has 1 heterocycles. The predicted octanol–water partition coefficient (Wildman–Crippen LogP) is 1.50. The lowest BCUT2D eigenvalue weighted by molar-refractivity contribution is 0.0792. The van der Waals surface area contributed by atoms with E-state index in [0.29, 0.717) is 18.0 Å². The number of amides is 1. The molecular formula is C8H13ClN2O2. The second-order valence-electron chi connectivity index (χ2n) is 2.64. The van der Waals surface area contributed by atoms with Gasteiger partial charge in [-0.05, 0) is 13.8 Å². The van der Waals surface area contributed by atoms with E-state index in [9.17, 15) is 4.79 Å². The van der Waals surface area contributed by atoms with Gasteiger partial charge in [0.05, 0.1) is 0 Å². The van der Waals surface area contributed by atoms with E-state index >= 15 is 0 Å². The molecule has 0 aromatic carbocycles. The highest BCUT2D eigenvalue weighted by molar-refractivity contribution is 5.91. The number of rotatable bonds is 2. The summed E-state index contributed by atoms with van der Waals surface area (Å²) in [7, 11) is 1.73. The maximum absolute atomic E-state index is 11.4. The van der Waals surface area contributed by atoms with Crippen LogP contribution in [0.3, 0.4) is 0 Å². The quantitative estimate of drug-likeness (QED) is 0.734. The third kappa shape index (κ3) is 2.73. The molecule has 0 N–H and O–H groups in total. The van der Waals surface area contributed by atoms with Crippen molar-refractivity contribution < 1.29 is 9.32 Å². The molecule has 0 aliphatic heterocycles. The van der Waals surface area contributed by atoms with Gasteiger partial charge in [-0.3, -0.25) is 4.79 Å². The highest BCUT2D eigenvalue weighted by atomic mass is 35.5. The lowest BCUT2D eigenvalue weighted by atomic mass is 10.3. The van der Waals surface area contributed by atoms with Crippen LogP contribution in [0.15, 0.2) is 10.6 Å². The molecule has 0 radical (unpaired) electrons. The topological polar surface area (TPSA) is 46.3 Å².